The van der Waals surface area contributed by atoms with E-state index in [1.807, 2.05) is 12.1 Å². The summed E-state index contributed by atoms with van der Waals surface area (Å²) in [6.45, 7) is 6.51. The molecule has 0 saturated carbocycles. The molecule has 1 aliphatic carbocycles. The molecule has 0 heterocycles. The van der Waals surface area contributed by atoms with Crippen molar-refractivity contribution < 1.29 is 25.8 Å². The maximum atomic E-state index is 12.5. The predicted molar refractivity (Wildman–Crippen MR) is 115 cm³/mol. The number of nitrogens with zero attached hydrogens (tertiary/aromatic N) is 1. The van der Waals surface area contributed by atoms with E-state index >= 15 is 0 Å². The fraction of sp³-hybridized carbons (Fsp3) is 0.478. The molecule has 8 heteroatoms. The van der Waals surface area contributed by atoms with Crippen LogP contribution in [0.5, 0.6) is 5.75 Å². The summed E-state index contributed by atoms with van der Waals surface area (Å²) >= 11 is 0. The van der Waals surface area contributed by atoms with E-state index in [4.69, 9.17) is 0 Å². The smallest absolute Gasteiger partial charge is 0.376 e. The van der Waals surface area contributed by atoms with Crippen molar-refractivity contribution >= 4 is 10.1 Å². The van der Waals surface area contributed by atoms with Gasteiger partial charge in [0.1, 0.15) is 5.75 Å². The zero-order valence-electron chi connectivity index (χ0n) is 17.8. The van der Waals surface area contributed by atoms with E-state index in [1.54, 1.807) is 12.1 Å². The summed E-state index contributed by atoms with van der Waals surface area (Å²) in [5, 5.41) is 0. The van der Waals surface area contributed by atoms with Crippen LogP contribution in [0.4, 0.5) is 13.2 Å². The van der Waals surface area contributed by atoms with Crippen LogP contribution in [-0.2, 0) is 23.0 Å². The van der Waals surface area contributed by atoms with Crippen molar-refractivity contribution in [2.75, 3.05) is 13.1 Å². The van der Waals surface area contributed by atoms with Crippen LogP contribution in [0.15, 0.2) is 42.5 Å². The van der Waals surface area contributed by atoms with Crippen LogP contribution in [0, 0.1) is 0 Å². The molecule has 2 aromatic carbocycles. The Morgan fingerprint density at radius 2 is 1.68 bits per heavy atom. The Morgan fingerprint density at radius 1 is 1.03 bits per heavy atom. The normalized spacial score (nSPS) is 16.9. The molecule has 0 aromatic heterocycles. The van der Waals surface area contributed by atoms with Crippen molar-refractivity contribution in [2.24, 2.45) is 0 Å². The average Bonchev–Trinajstić information content (AvgIpc) is 2.72. The van der Waals surface area contributed by atoms with Gasteiger partial charge in [-0.2, -0.15) is 21.6 Å². The largest absolute Gasteiger partial charge is 0.534 e. The topological polar surface area (TPSA) is 46.6 Å². The first-order valence-corrected chi connectivity index (χ1v) is 12.0. The molecule has 0 spiro atoms. The Kier molecular flexibility index (Phi) is 7.31. The Balaban J connectivity index is 1.85. The number of hydrogen-bond acceptors (Lipinski definition) is 4. The Labute approximate surface area is 182 Å². The first kappa shape index (κ1) is 23.6. The summed E-state index contributed by atoms with van der Waals surface area (Å²) in [5.74, 6) is -0.360. The van der Waals surface area contributed by atoms with Crippen molar-refractivity contribution in [1.82, 2.24) is 4.90 Å². The van der Waals surface area contributed by atoms with E-state index in [1.165, 1.54) is 23.3 Å². The molecule has 1 atom stereocenters. The second-order valence-corrected chi connectivity index (χ2v) is 9.42. The van der Waals surface area contributed by atoms with E-state index in [0.29, 0.717) is 6.04 Å². The van der Waals surface area contributed by atoms with E-state index in [-0.39, 0.29) is 5.75 Å². The Hall–Kier alpha value is -2.06. The van der Waals surface area contributed by atoms with Gasteiger partial charge in [-0.25, -0.2) is 0 Å². The number of hydrogen-bond donors (Lipinski definition) is 0. The summed E-state index contributed by atoms with van der Waals surface area (Å²) < 4.78 is 64.3. The Bertz CT molecular complexity index is 982. The number of benzene rings is 2. The maximum absolute atomic E-state index is 12.5. The lowest BCUT2D eigenvalue weighted by Crippen LogP contribution is -2.40. The highest BCUT2D eigenvalue weighted by Crippen LogP contribution is 2.35. The Morgan fingerprint density at radius 3 is 2.26 bits per heavy atom. The van der Waals surface area contributed by atoms with Gasteiger partial charge >= 0.3 is 15.6 Å². The minimum absolute atomic E-state index is 0.360. The molecule has 0 aliphatic heterocycles. The van der Waals surface area contributed by atoms with E-state index in [9.17, 15) is 21.6 Å². The van der Waals surface area contributed by atoms with Gasteiger partial charge < -0.3 is 9.08 Å². The first-order valence-electron chi connectivity index (χ1n) is 10.6. The maximum Gasteiger partial charge on any atom is 0.534 e. The second-order valence-electron chi connectivity index (χ2n) is 7.88. The third-order valence-corrected chi connectivity index (χ3v) is 6.63. The molecule has 4 nitrogen and oxygen atoms in total. The standard InChI is InChI=1S/C23H28F3NO3S/c1-3-14-27(15-4-2)19-11-8-17-6-5-7-21(22(17)16-19)18-9-12-20(13-10-18)30-31(28,29)23(24,25)26/h5-7,9-10,12-13,19H,3-4,8,11,14-16H2,1-2H3/t19-/m0/s1. The quantitative estimate of drug-likeness (QED) is 0.386. The minimum Gasteiger partial charge on any atom is -0.376 e. The van der Waals surface area contributed by atoms with Crippen LogP contribution in [-0.4, -0.2) is 38.0 Å². The fourth-order valence-electron chi connectivity index (χ4n) is 4.27. The summed E-state index contributed by atoms with van der Waals surface area (Å²) in [7, 11) is -5.68. The van der Waals surface area contributed by atoms with Crippen LogP contribution >= 0.6 is 0 Å². The van der Waals surface area contributed by atoms with Crippen LogP contribution in [0.1, 0.15) is 44.2 Å². The molecular weight excluding hydrogens is 427 g/mol. The lowest BCUT2D eigenvalue weighted by atomic mass is 9.83. The van der Waals surface area contributed by atoms with E-state index in [2.05, 4.69) is 29.0 Å². The summed E-state index contributed by atoms with van der Waals surface area (Å²) in [6, 6.07) is 12.3. The highest BCUT2D eigenvalue weighted by molar-refractivity contribution is 7.88. The highest BCUT2D eigenvalue weighted by Gasteiger charge is 2.48. The number of alkyl halides is 3. The molecule has 0 bridgehead atoms. The zero-order chi connectivity index (χ0) is 22.6. The third-order valence-electron chi connectivity index (χ3n) is 5.65. The van der Waals surface area contributed by atoms with Gasteiger partial charge in [0.25, 0.3) is 0 Å². The molecule has 31 heavy (non-hydrogen) atoms. The molecule has 0 radical (unpaired) electrons. The summed E-state index contributed by atoms with van der Waals surface area (Å²) in [5.41, 5.74) is -1.05. The van der Waals surface area contributed by atoms with Gasteiger partial charge in [-0.15, -0.1) is 0 Å². The monoisotopic (exact) mass is 455 g/mol. The average molecular weight is 456 g/mol. The van der Waals surface area contributed by atoms with Gasteiger partial charge in [0.2, 0.25) is 0 Å². The molecule has 170 valence electrons. The summed E-state index contributed by atoms with van der Waals surface area (Å²) in [6.07, 6.45) is 5.23. The van der Waals surface area contributed by atoms with Gasteiger partial charge in [-0.3, -0.25) is 0 Å². The highest BCUT2D eigenvalue weighted by atomic mass is 32.2. The lowest BCUT2D eigenvalue weighted by molar-refractivity contribution is -0.0500. The number of fused-ring (bicyclic) bond motifs is 1. The summed E-state index contributed by atoms with van der Waals surface area (Å²) in [4.78, 5) is 2.55. The number of halogens is 3. The van der Waals surface area contributed by atoms with Crippen molar-refractivity contribution in [1.29, 1.82) is 0 Å². The SMILES string of the molecule is CCCN(CCC)[C@H]1CCc2cccc(-c3ccc(OS(=O)(=O)C(F)(F)F)cc3)c2C1. The zero-order valence-corrected chi connectivity index (χ0v) is 18.6. The van der Waals surface area contributed by atoms with Gasteiger partial charge in [-0.05, 0) is 79.6 Å². The number of aryl methyl sites for hydroxylation is 1. The molecular formula is C23H28F3NO3S. The van der Waals surface area contributed by atoms with Crippen molar-refractivity contribution in [2.45, 2.75) is 57.5 Å². The molecule has 0 fully saturated rings. The predicted octanol–water partition coefficient (Wildman–Crippen LogP) is 5.56. The fourth-order valence-corrected chi connectivity index (χ4v) is 4.73. The molecule has 0 amide bonds. The van der Waals surface area contributed by atoms with Crippen LogP contribution in [0.25, 0.3) is 11.1 Å². The number of rotatable bonds is 8. The van der Waals surface area contributed by atoms with Gasteiger partial charge in [0, 0.05) is 6.04 Å². The lowest BCUT2D eigenvalue weighted by Gasteiger charge is -2.36. The van der Waals surface area contributed by atoms with Crippen LogP contribution in [0.3, 0.4) is 0 Å². The first-order chi connectivity index (χ1) is 14.7. The van der Waals surface area contributed by atoms with Crippen molar-refractivity contribution in [3.8, 4) is 16.9 Å². The van der Waals surface area contributed by atoms with Crippen molar-refractivity contribution in [3.63, 3.8) is 0 Å². The molecule has 0 unspecified atom stereocenters. The molecule has 0 saturated heterocycles. The molecule has 0 N–H and O–H groups in total. The molecule has 2 aromatic rings. The third kappa shape index (κ3) is 5.41. The van der Waals surface area contributed by atoms with Crippen LogP contribution in [0.2, 0.25) is 0 Å². The second kappa shape index (κ2) is 9.61. The van der Waals surface area contributed by atoms with Crippen LogP contribution < -0.4 is 4.18 Å². The van der Waals surface area contributed by atoms with E-state index < -0.39 is 15.6 Å². The van der Waals surface area contributed by atoms with Gasteiger partial charge in [0.05, 0.1) is 0 Å². The molecule has 1 aliphatic rings. The minimum atomic E-state index is -5.68. The van der Waals surface area contributed by atoms with Gasteiger partial charge in [0.15, 0.2) is 0 Å². The molecule has 3 rings (SSSR count). The van der Waals surface area contributed by atoms with E-state index in [0.717, 1.165) is 56.3 Å². The van der Waals surface area contributed by atoms with Crippen molar-refractivity contribution in [3.05, 3.63) is 53.6 Å². The van der Waals surface area contributed by atoms with Gasteiger partial charge in [-0.1, -0.05) is 44.2 Å².